The zero-order valence-electron chi connectivity index (χ0n) is 10.8. The summed E-state index contributed by atoms with van der Waals surface area (Å²) in [5, 5.41) is 0. The molecule has 0 aliphatic carbocycles. The van der Waals surface area contributed by atoms with E-state index in [1.165, 1.54) is 0 Å². The summed E-state index contributed by atoms with van der Waals surface area (Å²) >= 11 is 7.02. The summed E-state index contributed by atoms with van der Waals surface area (Å²) < 4.78 is 6.07. The second-order valence-corrected chi connectivity index (χ2v) is 6.50. The maximum atomic E-state index is 5.14. The highest BCUT2D eigenvalue weighted by Crippen LogP contribution is 2.25. The van der Waals surface area contributed by atoms with E-state index in [1.807, 2.05) is 25.4 Å². The lowest BCUT2D eigenvalue weighted by molar-refractivity contribution is 0.202. The Labute approximate surface area is 129 Å². The summed E-state index contributed by atoms with van der Waals surface area (Å²) in [5.41, 5.74) is 2.86. The van der Waals surface area contributed by atoms with Crippen molar-refractivity contribution < 1.29 is 4.74 Å². The molecule has 2 aromatic rings. The molecule has 2 rings (SSSR count). The summed E-state index contributed by atoms with van der Waals surface area (Å²) in [6, 6.07) is 3.95. The molecule has 0 radical (unpaired) electrons. The van der Waals surface area contributed by atoms with Crippen LogP contribution in [0, 0.1) is 0 Å². The second-order valence-electron chi connectivity index (χ2n) is 4.28. The fraction of sp³-hybridized carbons (Fsp3) is 0.385. The third kappa shape index (κ3) is 3.64. The standard InChI is InChI=1S/C13H15Br2N3O/c1-18(7-10(15)8-19-2)12-3-4-16-11-5-9(14)6-17-13(11)12/h3-6,10H,7-8H2,1-2H3. The minimum atomic E-state index is 0.279. The molecule has 6 heteroatoms. The van der Waals surface area contributed by atoms with Crippen LogP contribution in [0.5, 0.6) is 0 Å². The number of alkyl halides is 1. The molecule has 4 nitrogen and oxygen atoms in total. The molecule has 1 atom stereocenters. The van der Waals surface area contributed by atoms with Crippen molar-refractivity contribution in [2.75, 3.05) is 32.2 Å². The minimum Gasteiger partial charge on any atom is -0.383 e. The Hall–Kier alpha value is -0.720. The monoisotopic (exact) mass is 387 g/mol. The van der Waals surface area contributed by atoms with Crippen LogP contribution in [-0.2, 0) is 4.74 Å². The van der Waals surface area contributed by atoms with E-state index in [4.69, 9.17) is 4.74 Å². The number of fused-ring (bicyclic) bond motifs is 1. The first-order valence-electron chi connectivity index (χ1n) is 5.86. The van der Waals surface area contributed by atoms with E-state index in [-0.39, 0.29) is 4.83 Å². The van der Waals surface area contributed by atoms with Gasteiger partial charge in [0.15, 0.2) is 0 Å². The van der Waals surface area contributed by atoms with E-state index in [9.17, 15) is 0 Å². The fourth-order valence-corrected chi connectivity index (χ4v) is 2.95. The first-order valence-corrected chi connectivity index (χ1v) is 7.57. The van der Waals surface area contributed by atoms with Crippen LogP contribution in [0.15, 0.2) is 29.0 Å². The Morgan fingerprint density at radius 3 is 2.95 bits per heavy atom. The predicted molar refractivity (Wildman–Crippen MR) is 85.1 cm³/mol. The van der Waals surface area contributed by atoms with Gasteiger partial charge in [-0.15, -0.1) is 0 Å². The van der Waals surface area contributed by atoms with Gasteiger partial charge in [-0.25, -0.2) is 0 Å². The maximum Gasteiger partial charge on any atom is 0.112 e. The number of halogens is 2. The summed E-state index contributed by atoms with van der Waals surface area (Å²) in [4.78, 5) is 11.2. The second kappa shape index (κ2) is 6.63. The lowest BCUT2D eigenvalue weighted by Crippen LogP contribution is -2.28. The number of methoxy groups -OCH3 is 1. The lowest BCUT2D eigenvalue weighted by atomic mass is 10.2. The van der Waals surface area contributed by atoms with Crippen molar-refractivity contribution in [1.29, 1.82) is 0 Å². The lowest BCUT2D eigenvalue weighted by Gasteiger charge is -2.23. The SMILES string of the molecule is COCC(Br)CN(C)c1ccnc2cc(Br)cnc12. The van der Waals surface area contributed by atoms with Gasteiger partial charge in [0.05, 0.1) is 22.6 Å². The first kappa shape index (κ1) is 14.7. The Kier molecular flexibility index (Phi) is 5.13. The Morgan fingerprint density at radius 2 is 2.21 bits per heavy atom. The molecular formula is C13H15Br2N3O. The van der Waals surface area contributed by atoms with E-state index < -0.39 is 0 Å². The molecule has 0 N–H and O–H groups in total. The summed E-state index contributed by atoms with van der Waals surface area (Å²) in [6.07, 6.45) is 3.60. The van der Waals surface area contributed by atoms with E-state index in [0.717, 1.165) is 27.7 Å². The topological polar surface area (TPSA) is 38.2 Å². The van der Waals surface area contributed by atoms with Gasteiger partial charge in [-0.1, -0.05) is 15.9 Å². The Morgan fingerprint density at radius 1 is 1.42 bits per heavy atom. The van der Waals surface area contributed by atoms with Crippen molar-refractivity contribution in [2.45, 2.75) is 4.83 Å². The van der Waals surface area contributed by atoms with Crippen LogP contribution in [0.2, 0.25) is 0 Å². The van der Waals surface area contributed by atoms with Gasteiger partial charge in [0.2, 0.25) is 0 Å². The van der Waals surface area contributed by atoms with Crippen molar-refractivity contribution in [2.24, 2.45) is 0 Å². The minimum absolute atomic E-state index is 0.279. The maximum absolute atomic E-state index is 5.14. The molecule has 0 saturated heterocycles. The Bertz CT molecular complexity index is 565. The summed E-state index contributed by atoms with van der Waals surface area (Å²) in [6.45, 7) is 1.51. The number of anilines is 1. The predicted octanol–water partition coefficient (Wildman–Crippen LogP) is 3.24. The zero-order chi connectivity index (χ0) is 13.8. The van der Waals surface area contributed by atoms with Crippen molar-refractivity contribution in [1.82, 2.24) is 9.97 Å². The quantitative estimate of drug-likeness (QED) is 0.737. The number of nitrogens with zero attached hydrogens (tertiary/aromatic N) is 3. The molecule has 0 aliphatic rings. The van der Waals surface area contributed by atoms with Crippen LogP contribution >= 0.6 is 31.9 Å². The van der Waals surface area contributed by atoms with Crippen molar-refractivity contribution in [3.63, 3.8) is 0 Å². The smallest absolute Gasteiger partial charge is 0.112 e. The van der Waals surface area contributed by atoms with Crippen LogP contribution in [0.3, 0.4) is 0 Å². The average Bonchev–Trinajstić information content (AvgIpc) is 2.37. The van der Waals surface area contributed by atoms with Gasteiger partial charge in [-0.05, 0) is 28.1 Å². The average molecular weight is 389 g/mol. The summed E-state index contributed by atoms with van der Waals surface area (Å²) in [7, 11) is 3.75. The Balaban J connectivity index is 2.29. The van der Waals surface area contributed by atoms with Crippen LogP contribution < -0.4 is 4.90 Å². The third-order valence-corrected chi connectivity index (χ3v) is 3.74. The van der Waals surface area contributed by atoms with Gasteiger partial charge in [0, 0.05) is 37.6 Å². The molecule has 0 bridgehead atoms. The number of pyridine rings is 2. The third-order valence-electron chi connectivity index (χ3n) is 2.75. The number of hydrogen-bond donors (Lipinski definition) is 0. The van der Waals surface area contributed by atoms with Crippen LogP contribution in [0.4, 0.5) is 5.69 Å². The van der Waals surface area contributed by atoms with E-state index in [2.05, 4.69) is 46.7 Å². The highest BCUT2D eigenvalue weighted by Gasteiger charge is 2.12. The largest absolute Gasteiger partial charge is 0.383 e. The van der Waals surface area contributed by atoms with Crippen LogP contribution in [0.1, 0.15) is 0 Å². The molecular weight excluding hydrogens is 374 g/mol. The summed E-state index contributed by atoms with van der Waals surface area (Å²) in [5.74, 6) is 0. The molecule has 0 spiro atoms. The number of hydrogen-bond acceptors (Lipinski definition) is 4. The van der Waals surface area contributed by atoms with Gasteiger partial charge in [0.1, 0.15) is 5.52 Å². The molecule has 1 unspecified atom stereocenters. The van der Waals surface area contributed by atoms with Crippen molar-refractivity contribution in [3.8, 4) is 0 Å². The molecule has 0 fully saturated rings. The molecule has 19 heavy (non-hydrogen) atoms. The van der Waals surface area contributed by atoms with Gasteiger partial charge in [-0.2, -0.15) is 0 Å². The van der Waals surface area contributed by atoms with E-state index in [0.29, 0.717) is 6.61 Å². The van der Waals surface area contributed by atoms with Gasteiger partial charge < -0.3 is 9.64 Å². The molecule has 2 aromatic heterocycles. The molecule has 0 amide bonds. The normalized spacial score (nSPS) is 12.6. The molecule has 0 aliphatic heterocycles. The first-order chi connectivity index (χ1) is 9.11. The van der Waals surface area contributed by atoms with Crippen molar-refractivity contribution >= 4 is 48.6 Å². The van der Waals surface area contributed by atoms with Gasteiger partial charge >= 0.3 is 0 Å². The number of aromatic nitrogens is 2. The molecule has 2 heterocycles. The van der Waals surface area contributed by atoms with Crippen molar-refractivity contribution in [3.05, 3.63) is 29.0 Å². The number of rotatable bonds is 5. The van der Waals surface area contributed by atoms with Gasteiger partial charge in [0.25, 0.3) is 0 Å². The highest BCUT2D eigenvalue weighted by atomic mass is 79.9. The number of ether oxygens (including phenoxy) is 1. The van der Waals surface area contributed by atoms with Crippen LogP contribution in [-0.4, -0.2) is 42.1 Å². The van der Waals surface area contributed by atoms with E-state index in [1.54, 1.807) is 13.3 Å². The van der Waals surface area contributed by atoms with Crippen LogP contribution in [0.25, 0.3) is 11.0 Å². The fourth-order valence-electron chi connectivity index (χ4n) is 1.93. The molecule has 0 aromatic carbocycles. The molecule has 102 valence electrons. The zero-order valence-corrected chi connectivity index (χ0v) is 14.0. The van der Waals surface area contributed by atoms with E-state index >= 15 is 0 Å². The molecule has 0 saturated carbocycles. The highest BCUT2D eigenvalue weighted by molar-refractivity contribution is 9.10. The van der Waals surface area contributed by atoms with Gasteiger partial charge in [-0.3, -0.25) is 9.97 Å².